The molecule has 1 amide bonds. The van der Waals surface area contributed by atoms with Gasteiger partial charge in [0.05, 0.1) is 5.69 Å². The summed E-state index contributed by atoms with van der Waals surface area (Å²) in [5.74, 6) is -1.80. The first kappa shape index (κ1) is 17.8. The normalized spacial score (nSPS) is 10.4. The Morgan fingerprint density at radius 3 is 2.54 bits per heavy atom. The van der Waals surface area contributed by atoms with Crippen molar-refractivity contribution in [1.82, 2.24) is 10.2 Å². The number of nitrogens with zero attached hydrogens (tertiary/aromatic N) is 2. The highest BCUT2D eigenvalue weighted by atomic mass is 35.5. The third-order valence-corrected chi connectivity index (χ3v) is 3.86. The minimum absolute atomic E-state index is 0.00276. The van der Waals surface area contributed by atoms with Crippen LogP contribution in [-0.2, 0) is 6.54 Å². The summed E-state index contributed by atoms with van der Waals surface area (Å²) in [7, 11) is 0. The van der Waals surface area contributed by atoms with Gasteiger partial charge in [0.15, 0.2) is 5.69 Å². The summed E-state index contributed by atoms with van der Waals surface area (Å²) in [6.45, 7) is 0.445. The molecule has 0 saturated carbocycles. The van der Waals surface area contributed by atoms with E-state index in [1.807, 2.05) is 18.2 Å². The first-order valence-corrected chi connectivity index (χ1v) is 7.98. The van der Waals surface area contributed by atoms with E-state index in [4.69, 9.17) is 11.6 Å². The minimum atomic E-state index is -0.871. The van der Waals surface area contributed by atoms with Crippen LogP contribution in [0, 0.1) is 11.6 Å². The second-order valence-corrected chi connectivity index (χ2v) is 5.73. The average molecular weight is 375 g/mol. The van der Waals surface area contributed by atoms with Gasteiger partial charge in [0, 0.05) is 17.6 Å². The van der Waals surface area contributed by atoms with Crippen LogP contribution in [0.15, 0.2) is 54.6 Å². The Bertz CT molecular complexity index is 935. The monoisotopic (exact) mass is 374 g/mol. The van der Waals surface area contributed by atoms with E-state index in [2.05, 4.69) is 20.8 Å². The van der Waals surface area contributed by atoms with Crippen molar-refractivity contribution in [3.05, 3.63) is 82.5 Å². The second kappa shape index (κ2) is 7.88. The molecule has 5 nitrogen and oxygen atoms in total. The van der Waals surface area contributed by atoms with Crippen LogP contribution in [0.3, 0.4) is 0 Å². The Balaban J connectivity index is 1.63. The Labute approximate surface area is 153 Å². The number of hydrogen-bond acceptors (Lipinski definition) is 4. The van der Waals surface area contributed by atoms with Gasteiger partial charge in [0.1, 0.15) is 17.5 Å². The molecule has 1 aromatic heterocycles. The van der Waals surface area contributed by atoms with Gasteiger partial charge >= 0.3 is 0 Å². The summed E-state index contributed by atoms with van der Waals surface area (Å²) in [5.41, 5.74) is 0.751. The lowest BCUT2D eigenvalue weighted by molar-refractivity contribution is 0.102. The maximum absolute atomic E-state index is 13.6. The van der Waals surface area contributed by atoms with Crippen molar-refractivity contribution in [1.29, 1.82) is 0 Å². The van der Waals surface area contributed by atoms with Gasteiger partial charge in [-0.2, -0.15) is 0 Å². The summed E-state index contributed by atoms with van der Waals surface area (Å²) >= 11 is 6.07. The summed E-state index contributed by atoms with van der Waals surface area (Å²) in [6, 6.07) is 13.2. The highest BCUT2D eigenvalue weighted by Gasteiger charge is 2.12. The SMILES string of the molecule is O=C(Nc1ccc(F)cc1F)c1ccc(NCc2ccccc2Cl)nn1. The lowest BCUT2D eigenvalue weighted by Gasteiger charge is -2.08. The standard InChI is InChI=1S/C18H13ClF2N4O/c19-13-4-2-1-3-11(13)10-22-17-8-7-16(24-25-17)18(26)23-15-6-5-12(20)9-14(15)21/h1-9H,10H2,(H,22,25)(H,23,26). The molecule has 2 N–H and O–H groups in total. The molecule has 0 aliphatic carbocycles. The molecule has 0 spiro atoms. The summed E-state index contributed by atoms with van der Waals surface area (Å²) < 4.78 is 26.5. The molecule has 0 atom stereocenters. The number of amides is 1. The highest BCUT2D eigenvalue weighted by Crippen LogP contribution is 2.17. The fraction of sp³-hybridized carbons (Fsp3) is 0.0556. The van der Waals surface area contributed by atoms with Crippen molar-refractivity contribution >= 4 is 29.0 Å². The van der Waals surface area contributed by atoms with E-state index in [1.165, 1.54) is 6.07 Å². The van der Waals surface area contributed by atoms with Gasteiger partial charge in [0.2, 0.25) is 0 Å². The summed E-state index contributed by atoms with van der Waals surface area (Å²) in [5, 5.41) is 13.7. The molecule has 0 bridgehead atoms. The van der Waals surface area contributed by atoms with Gasteiger partial charge in [-0.3, -0.25) is 4.79 Å². The number of aromatic nitrogens is 2. The smallest absolute Gasteiger partial charge is 0.276 e. The number of carbonyl (C=O) groups excluding carboxylic acids is 1. The van der Waals surface area contributed by atoms with E-state index in [-0.39, 0.29) is 11.4 Å². The molecule has 132 valence electrons. The highest BCUT2D eigenvalue weighted by molar-refractivity contribution is 6.31. The van der Waals surface area contributed by atoms with Crippen LogP contribution in [0.25, 0.3) is 0 Å². The summed E-state index contributed by atoms with van der Waals surface area (Å²) in [4.78, 5) is 12.1. The van der Waals surface area contributed by atoms with E-state index in [9.17, 15) is 13.6 Å². The van der Waals surface area contributed by atoms with Crippen molar-refractivity contribution < 1.29 is 13.6 Å². The topological polar surface area (TPSA) is 66.9 Å². The zero-order valence-corrected chi connectivity index (χ0v) is 14.1. The van der Waals surface area contributed by atoms with Crippen LogP contribution < -0.4 is 10.6 Å². The Hall–Kier alpha value is -3.06. The molecule has 8 heteroatoms. The molecule has 3 rings (SSSR count). The lowest BCUT2D eigenvalue weighted by Crippen LogP contribution is -2.15. The maximum Gasteiger partial charge on any atom is 0.276 e. The first-order chi connectivity index (χ1) is 12.5. The number of hydrogen-bond donors (Lipinski definition) is 2. The predicted molar refractivity (Wildman–Crippen MR) is 95.1 cm³/mol. The minimum Gasteiger partial charge on any atom is -0.364 e. The molecule has 0 aliphatic rings. The van der Waals surface area contributed by atoms with Crippen LogP contribution in [0.5, 0.6) is 0 Å². The molecule has 3 aromatic rings. The van der Waals surface area contributed by atoms with Crippen LogP contribution in [0.2, 0.25) is 5.02 Å². The molecular weight excluding hydrogens is 362 g/mol. The fourth-order valence-corrected chi connectivity index (χ4v) is 2.35. The van der Waals surface area contributed by atoms with Gasteiger partial charge in [-0.05, 0) is 35.9 Å². The van der Waals surface area contributed by atoms with Gasteiger partial charge < -0.3 is 10.6 Å². The van der Waals surface area contributed by atoms with Crippen molar-refractivity contribution in [3.8, 4) is 0 Å². The number of carbonyl (C=O) groups is 1. The molecule has 0 unspecified atom stereocenters. The zero-order valence-electron chi connectivity index (χ0n) is 13.3. The van der Waals surface area contributed by atoms with Crippen LogP contribution in [-0.4, -0.2) is 16.1 Å². The van der Waals surface area contributed by atoms with Crippen LogP contribution in [0.1, 0.15) is 16.1 Å². The molecule has 26 heavy (non-hydrogen) atoms. The van der Waals surface area contributed by atoms with Gasteiger partial charge in [0.25, 0.3) is 5.91 Å². The molecular formula is C18H13ClF2N4O. The van der Waals surface area contributed by atoms with Crippen molar-refractivity contribution in [2.45, 2.75) is 6.54 Å². The molecule has 0 fully saturated rings. The number of rotatable bonds is 5. The van der Waals surface area contributed by atoms with Gasteiger partial charge in [-0.1, -0.05) is 29.8 Å². The maximum atomic E-state index is 13.6. The number of nitrogens with one attached hydrogen (secondary N) is 2. The lowest BCUT2D eigenvalue weighted by atomic mass is 10.2. The van der Waals surface area contributed by atoms with E-state index in [1.54, 1.807) is 12.1 Å². The summed E-state index contributed by atoms with van der Waals surface area (Å²) in [6.07, 6.45) is 0. The molecule has 0 radical (unpaired) electrons. The Morgan fingerprint density at radius 1 is 1.04 bits per heavy atom. The fourth-order valence-electron chi connectivity index (χ4n) is 2.15. The number of halogens is 3. The molecule has 0 aliphatic heterocycles. The van der Waals surface area contributed by atoms with Crippen molar-refractivity contribution in [2.75, 3.05) is 10.6 Å². The molecule has 1 heterocycles. The number of anilines is 2. The van der Waals surface area contributed by atoms with Crippen LogP contribution >= 0.6 is 11.6 Å². The molecule has 2 aromatic carbocycles. The van der Waals surface area contributed by atoms with Gasteiger partial charge in [-0.25, -0.2) is 8.78 Å². The largest absolute Gasteiger partial charge is 0.364 e. The Morgan fingerprint density at radius 2 is 1.85 bits per heavy atom. The van der Waals surface area contributed by atoms with Crippen molar-refractivity contribution in [2.24, 2.45) is 0 Å². The van der Waals surface area contributed by atoms with E-state index in [0.29, 0.717) is 23.5 Å². The predicted octanol–water partition coefficient (Wildman–Crippen LogP) is 4.27. The Kier molecular flexibility index (Phi) is 5.38. The van der Waals surface area contributed by atoms with Crippen LogP contribution in [0.4, 0.5) is 20.3 Å². The van der Waals surface area contributed by atoms with Crippen molar-refractivity contribution in [3.63, 3.8) is 0 Å². The van der Waals surface area contributed by atoms with Gasteiger partial charge in [-0.15, -0.1) is 10.2 Å². The first-order valence-electron chi connectivity index (χ1n) is 7.60. The third-order valence-electron chi connectivity index (χ3n) is 3.49. The van der Waals surface area contributed by atoms with E-state index < -0.39 is 17.5 Å². The van der Waals surface area contributed by atoms with E-state index >= 15 is 0 Å². The average Bonchev–Trinajstić information content (AvgIpc) is 2.64. The molecule has 0 saturated heterocycles. The second-order valence-electron chi connectivity index (χ2n) is 5.33. The van der Waals surface area contributed by atoms with E-state index in [0.717, 1.165) is 17.7 Å². The zero-order chi connectivity index (χ0) is 18.5. The quantitative estimate of drug-likeness (QED) is 0.699. The third kappa shape index (κ3) is 4.31. The number of benzene rings is 2.